The van der Waals surface area contributed by atoms with E-state index in [2.05, 4.69) is 66.3 Å². The number of hydrogen-bond acceptors (Lipinski definition) is 1. The minimum atomic E-state index is 0.210. The van der Waals surface area contributed by atoms with Crippen LogP contribution in [0.25, 0.3) is 0 Å². The Hall–Kier alpha value is -0.340. The highest BCUT2D eigenvalue weighted by atomic mass is 79.9. The SMILES string of the molecule is CC(C)(C)NCC1(Cc2cccc(Br)c2)CCCCC1. The number of hydrogen-bond donors (Lipinski definition) is 1. The predicted molar refractivity (Wildman–Crippen MR) is 91.1 cm³/mol. The Balaban J connectivity index is 2.10. The van der Waals surface area contributed by atoms with Crippen molar-refractivity contribution in [3.05, 3.63) is 34.3 Å². The van der Waals surface area contributed by atoms with Gasteiger partial charge in [0.05, 0.1) is 0 Å². The van der Waals surface area contributed by atoms with E-state index in [-0.39, 0.29) is 5.54 Å². The molecule has 1 aromatic carbocycles. The van der Waals surface area contributed by atoms with Crippen LogP contribution in [-0.2, 0) is 6.42 Å². The first kappa shape index (κ1) is 16.0. The average Bonchev–Trinajstić information content (AvgIpc) is 2.37. The van der Waals surface area contributed by atoms with Gasteiger partial charge in [0, 0.05) is 16.6 Å². The molecular weight excluding hydrogens is 310 g/mol. The molecule has 1 fully saturated rings. The van der Waals surface area contributed by atoms with Crippen molar-refractivity contribution >= 4 is 15.9 Å². The molecule has 0 amide bonds. The normalized spacial score (nSPS) is 19.0. The number of halogens is 1. The molecule has 0 heterocycles. The molecule has 0 aliphatic heterocycles. The zero-order valence-corrected chi connectivity index (χ0v) is 14.7. The van der Waals surface area contributed by atoms with Gasteiger partial charge in [-0.3, -0.25) is 0 Å². The van der Waals surface area contributed by atoms with Crippen molar-refractivity contribution in [1.29, 1.82) is 0 Å². The first-order chi connectivity index (χ1) is 9.39. The summed E-state index contributed by atoms with van der Waals surface area (Å²) >= 11 is 3.60. The fourth-order valence-electron chi connectivity index (χ4n) is 3.25. The number of benzene rings is 1. The van der Waals surface area contributed by atoms with Crippen molar-refractivity contribution in [3.8, 4) is 0 Å². The fourth-order valence-corrected chi connectivity index (χ4v) is 3.70. The second kappa shape index (κ2) is 6.62. The van der Waals surface area contributed by atoms with E-state index in [1.54, 1.807) is 0 Å². The van der Waals surface area contributed by atoms with Crippen molar-refractivity contribution in [3.63, 3.8) is 0 Å². The molecule has 0 saturated heterocycles. The Morgan fingerprint density at radius 1 is 1.15 bits per heavy atom. The van der Waals surface area contributed by atoms with Gasteiger partial charge in [0.1, 0.15) is 0 Å². The van der Waals surface area contributed by atoms with Crippen molar-refractivity contribution in [2.75, 3.05) is 6.54 Å². The molecule has 1 nitrogen and oxygen atoms in total. The third-order valence-corrected chi connectivity index (χ3v) is 4.87. The van der Waals surface area contributed by atoms with Gasteiger partial charge in [-0.05, 0) is 63.1 Å². The molecule has 0 bridgehead atoms. The first-order valence-corrected chi connectivity index (χ1v) is 8.67. The molecule has 0 unspecified atom stereocenters. The Labute approximate surface area is 132 Å². The molecular formula is C18H28BrN. The van der Waals surface area contributed by atoms with Gasteiger partial charge >= 0.3 is 0 Å². The molecule has 0 atom stereocenters. The van der Waals surface area contributed by atoms with Crippen LogP contribution in [0.1, 0.15) is 58.4 Å². The van der Waals surface area contributed by atoms with Crippen LogP contribution in [0.4, 0.5) is 0 Å². The maximum Gasteiger partial charge on any atom is 0.0177 e. The van der Waals surface area contributed by atoms with E-state index in [0.29, 0.717) is 5.41 Å². The molecule has 112 valence electrons. The first-order valence-electron chi connectivity index (χ1n) is 7.88. The van der Waals surface area contributed by atoms with E-state index < -0.39 is 0 Å². The summed E-state index contributed by atoms with van der Waals surface area (Å²) in [6.07, 6.45) is 8.12. The van der Waals surface area contributed by atoms with Crippen molar-refractivity contribution in [1.82, 2.24) is 5.32 Å². The summed E-state index contributed by atoms with van der Waals surface area (Å²) < 4.78 is 1.20. The minimum absolute atomic E-state index is 0.210. The van der Waals surface area contributed by atoms with Crippen LogP contribution in [0, 0.1) is 5.41 Å². The number of rotatable bonds is 4. The molecule has 1 aliphatic rings. The summed E-state index contributed by atoms with van der Waals surface area (Å²) in [5.41, 5.74) is 2.13. The lowest BCUT2D eigenvalue weighted by Crippen LogP contribution is -2.45. The predicted octanol–water partition coefficient (Wildman–Crippen LogP) is 5.33. The fraction of sp³-hybridized carbons (Fsp3) is 0.667. The molecule has 0 aromatic heterocycles. The largest absolute Gasteiger partial charge is 0.312 e. The van der Waals surface area contributed by atoms with Crippen molar-refractivity contribution in [2.45, 2.75) is 64.8 Å². The van der Waals surface area contributed by atoms with Crippen LogP contribution in [0.3, 0.4) is 0 Å². The highest BCUT2D eigenvalue weighted by Gasteiger charge is 2.33. The Morgan fingerprint density at radius 3 is 2.45 bits per heavy atom. The van der Waals surface area contributed by atoms with Gasteiger partial charge in [0.2, 0.25) is 0 Å². The zero-order chi connectivity index (χ0) is 14.6. The van der Waals surface area contributed by atoms with Gasteiger partial charge in [-0.1, -0.05) is 47.3 Å². The molecule has 20 heavy (non-hydrogen) atoms. The van der Waals surface area contributed by atoms with E-state index in [0.717, 1.165) is 6.54 Å². The molecule has 1 saturated carbocycles. The minimum Gasteiger partial charge on any atom is -0.312 e. The number of nitrogens with one attached hydrogen (secondary N) is 1. The molecule has 2 rings (SSSR count). The summed E-state index contributed by atoms with van der Waals surface area (Å²) in [6, 6.07) is 8.84. The summed E-state index contributed by atoms with van der Waals surface area (Å²) in [4.78, 5) is 0. The van der Waals surface area contributed by atoms with Crippen LogP contribution in [-0.4, -0.2) is 12.1 Å². The van der Waals surface area contributed by atoms with Crippen molar-refractivity contribution < 1.29 is 0 Å². The van der Waals surface area contributed by atoms with Crippen LogP contribution in [0.2, 0.25) is 0 Å². The van der Waals surface area contributed by atoms with Gasteiger partial charge in [-0.15, -0.1) is 0 Å². The molecule has 1 N–H and O–H groups in total. The van der Waals surface area contributed by atoms with Crippen LogP contribution >= 0.6 is 15.9 Å². The highest BCUT2D eigenvalue weighted by molar-refractivity contribution is 9.10. The molecule has 0 spiro atoms. The summed E-state index contributed by atoms with van der Waals surface area (Å²) in [5.74, 6) is 0. The summed E-state index contributed by atoms with van der Waals surface area (Å²) in [7, 11) is 0. The maximum absolute atomic E-state index is 3.76. The Bertz CT molecular complexity index is 427. The van der Waals surface area contributed by atoms with Crippen LogP contribution in [0.5, 0.6) is 0 Å². The second-order valence-electron chi connectivity index (χ2n) is 7.47. The van der Waals surface area contributed by atoms with Crippen molar-refractivity contribution in [2.24, 2.45) is 5.41 Å². The summed E-state index contributed by atoms with van der Waals surface area (Å²) in [5, 5.41) is 3.76. The highest BCUT2D eigenvalue weighted by Crippen LogP contribution is 2.39. The Morgan fingerprint density at radius 2 is 1.85 bits per heavy atom. The van der Waals surface area contributed by atoms with Gasteiger partial charge < -0.3 is 5.32 Å². The standard InChI is InChI=1S/C18H28BrN/c1-17(2,3)20-14-18(10-5-4-6-11-18)13-15-8-7-9-16(19)12-15/h7-9,12,20H,4-6,10-11,13-14H2,1-3H3. The van der Waals surface area contributed by atoms with E-state index in [4.69, 9.17) is 0 Å². The van der Waals surface area contributed by atoms with Crippen LogP contribution in [0.15, 0.2) is 28.7 Å². The Kier molecular flexibility index (Phi) is 5.30. The average molecular weight is 338 g/mol. The zero-order valence-electron chi connectivity index (χ0n) is 13.1. The van der Waals surface area contributed by atoms with Gasteiger partial charge in [0.25, 0.3) is 0 Å². The van der Waals surface area contributed by atoms with Gasteiger partial charge in [-0.25, -0.2) is 0 Å². The van der Waals surface area contributed by atoms with E-state index in [1.807, 2.05) is 0 Å². The smallest absolute Gasteiger partial charge is 0.0177 e. The quantitative estimate of drug-likeness (QED) is 0.782. The molecule has 0 radical (unpaired) electrons. The van der Waals surface area contributed by atoms with Gasteiger partial charge in [0.15, 0.2) is 0 Å². The monoisotopic (exact) mass is 337 g/mol. The lowest BCUT2D eigenvalue weighted by atomic mass is 9.70. The second-order valence-corrected chi connectivity index (χ2v) is 8.39. The maximum atomic E-state index is 3.76. The lowest BCUT2D eigenvalue weighted by Gasteiger charge is -2.40. The lowest BCUT2D eigenvalue weighted by molar-refractivity contribution is 0.165. The molecule has 2 heteroatoms. The van der Waals surface area contributed by atoms with Gasteiger partial charge in [-0.2, -0.15) is 0 Å². The van der Waals surface area contributed by atoms with E-state index in [9.17, 15) is 0 Å². The third-order valence-electron chi connectivity index (χ3n) is 4.38. The van der Waals surface area contributed by atoms with E-state index in [1.165, 1.54) is 48.6 Å². The molecule has 1 aromatic rings. The van der Waals surface area contributed by atoms with E-state index >= 15 is 0 Å². The molecule has 1 aliphatic carbocycles. The summed E-state index contributed by atoms with van der Waals surface area (Å²) in [6.45, 7) is 7.94. The topological polar surface area (TPSA) is 12.0 Å². The van der Waals surface area contributed by atoms with Crippen LogP contribution < -0.4 is 5.32 Å². The third kappa shape index (κ3) is 4.89.